The Morgan fingerprint density at radius 2 is 1.88 bits per heavy atom. The lowest BCUT2D eigenvalue weighted by Crippen LogP contribution is -2.34. The minimum Gasteiger partial charge on any atom is -0.308 e. The number of para-hydroxylation sites is 1. The molecule has 2 aromatic carbocycles. The molecule has 24 heavy (non-hydrogen) atoms. The molecule has 0 saturated carbocycles. The van der Waals surface area contributed by atoms with Gasteiger partial charge < -0.3 is 10.2 Å². The number of carbonyl (C=O) groups excluding carboxylic acids is 1. The van der Waals surface area contributed by atoms with Crippen LogP contribution in [0.1, 0.15) is 16.5 Å². The second-order valence-electron chi connectivity index (χ2n) is 5.34. The van der Waals surface area contributed by atoms with Crippen molar-refractivity contribution in [1.82, 2.24) is 4.90 Å². The maximum absolute atomic E-state index is 12.9. The monoisotopic (exact) mass is 352 g/mol. The summed E-state index contributed by atoms with van der Waals surface area (Å²) in [6, 6.07) is 13.8. The summed E-state index contributed by atoms with van der Waals surface area (Å²) in [6.07, 6.45) is -4.39. The van der Waals surface area contributed by atoms with Crippen molar-refractivity contribution in [2.75, 3.05) is 17.6 Å². The molecule has 3 rings (SSSR count). The zero-order valence-electron chi connectivity index (χ0n) is 12.6. The smallest absolute Gasteiger partial charge is 0.308 e. The van der Waals surface area contributed by atoms with Crippen LogP contribution in [0.15, 0.2) is 54.6 Å². The van der Waals surface area contributed by atoms with Crippen molar-refractivity contribution in [3.8, 4) is 0 Å². The number of nitrogens with zero attached hydrogens (tertiary/aromatic N) is 1. The summed E-state index contributed by atoms with van der Waals surface area (Å²) < 4.78 is 38.7. The Bertz CT molecular complexity index is 721. The number of halogens is 3. The van der Waals surface area contributed by atoms with E-state index in [0.29, 0.717) is 23.5 Å². The van der Waals surface area contributed by atoms with E-state index in [1.165, 1.54) is 17.8 Å². The zero-order chi connectivity index (χ0) is 17.2. The molecule has 1 saturated heterocycles. The maximum atomic E-state index is 12.9. The molecule has 2 aromatic rings. The van der Waals surface area contributed by atoms with Gasteiger partial charge in [-0.25, -0.2) is 4.79 Å². The molecule has 1 aliphatic rings. The van der Waals surface area contributed by atoms with Gasteiger partial charge in [0.25, 0.3) is 0 Å². The molecule has 0 aliphatic carbocycles. The molecule has 0 spiro atoms. The average Bonchev–Trinajstić information content (AvgIpc) is 3.05. The first kappa shape index (κ1) is 16.7. The molecule has 7 heteroatoms. The predicted octanol–water partition coefficient (Wildman–Crippen LogP) is 4.98. The molecular weight excluding hydrogens is 337 g/mol. The minimum atomic E-state index is -4.39. The van der Waals surface area contributed by atoms with E-state index >= 15 is 0 Å². The van der Waals surface area contributed by atoms with E-state index < -0.39 is 17.1 Å². The summed E-state index contributed by atoms with van der Waals surface area (Å²) >= 11 is 1.46. The van der Waals surface area contributed by atoms with Crippen LogP contribution in [0.5, 0.6) is 0 Å². The molecule has 0 radical (unpaired) electrons. The highest BCUT2D eigenvalue weighted by Crippen LogP contribution is 2.40. The predicted molar refractivity (Wildman–Crippen MR) is 88.8 cm³/mol. The van der Waals surface area contributed by atoms with Gasteiger partial charge in [-0.1, -0.05) is 30.3 Å². The lowest BCUT2D eigenvalue weighted by atomic mass is 10.1. The van der Waals surface area contributed by atoms with Crippen LogP contribution < -0.4 is 5.32 Å². The highest BCUT2D eigenvalue weighted by atomic mass is 32.2. The largest absolute Gasteiger partial charge is 0.416 e. The van der Waals surface area contributed by atoms with Crippen LogP contribution in [-0.2, 0) is 6.18 Å². The number of amides is 2. The maximum Gasteiger partial charge on any atom is 0.416 e. The summed E-state index contributed by atoms with van der Waals surface area (Å²) in [7, 11) is 0. The summed E-state index contributed by atoms with van der Waals surface area (Å²) in [4.78, 5) is 14.0. The fraction of sp³-hybridized carbons (Fsp3) is 0.235. The highest BCUT2D eigenvalue weighted by Gasteiger charge is 2.34. The number of thioether (sulfide) groups is 1. The summed E-state index contributed by atoms with van der Waals surface area (Å²) in [6.45, 7) is 0.490. The normalized spacial score (nSPS) is 17.8. The van der Waals surface area contributed by atoms with E-state index in [1.54, 1.807) is 35.2 Å². The first-order valence-corrected chi connectivity index (χ1v) is 8.41. The molecule has 1 N–H and O–H groups in total. The van der Waals surface area contributed by atoms with Gasteiger partial charge in [-0.15, -0.1) is 11.8 Å². The average molecular weight is 352 g/mol. The number of hydrogen-bond donors (Lipinski definition) is 1. The molecule has 1 heterocycles. The van der Waals surface area contributed by atoms with E-state index in [0.717, 1.165) is 12.1 Å². The summed E-state index contributed by atoms with van der Waals surface area (Å²) in [5.41, 5.74) is 0.439. The lowest BCUT2D eigenvalue weighted by Gasteiger charge is -2.25. The third-order valence-corrected chi connectivity index (χ3v) is 4.94. The molecule has 0 aromatic heterocycles. The molecule has 0 bridgehead atoms. The van der Waals surface area contributed by atoms with Crippen LogP contribution in [0.2, 0.25) is 0 Å². The molecular formula is C17H15F3N2OS. The number of hydrogen-bond acceptors (Lipinski definition) is 2. The second kappa shape index (κ2) is 6.76. The Labute approximate surface area is 141 Å². The molecule has 1 atom stereocenters. The van der Waals surface area contributed by atoms with Gasteiger partial charge in [0, 0.05) is 18.0 Å². The van der Waals surface area contributed by atoms with Gasteiger partial charge in [0.2, 0.25) is 0 Å². The van der Waals surface area contributed by atoms with Crippen molar-refractivity contribution < 1.29 is 18.0 Å². The van der Waals surface area contributed by atoms with E-state index in [-0.39, 0.29) is 6.03 Å². The Hall–Kier alpha value is -2.15. The van der Waals surface area contributed by atoms with Crippen LogP contribution in [-0.4, -0.2) is 23.2 Å². The first-order valence-electron chi connectivity index (χ1n) is 7.36. The number of nitrogens with one attached hydrogen (secondary N) is 1. The summed E-state index contributed by atoms with van der Waals surface area (Å²) in [5, 5.41) is 2.36. The Kier molecular flexibility index (Phi) is 4.71. The third-order valence-electron chi connectivity index (χ3n) is 3.68. The molecule has 2 amide bonds. The van der Waals surface area contributed by atoms with Crippen LogP contribution in [0, 0.1) is 0 Å². The van der Waals surface area contributed by atoms with Gasteiger partial charge >= 0.3 is 12.2 Å². The van der Waals surface area contributed by atoms with Crippen molar-refractivity contribution in [1.29, 1.82) is 0 Å². The van der Waals surface area contributed by atoms with Crippen molar-refractivity contribution in [3.05, 3.63) is 65.7 Å². The number of anilines is 1. The second-order valence-corrected chi connectivity index (χ2v) is 6.52. The van der Waals surface area contributed by atoms with Gasteiger partial charge in [-0.3, -0.25) is 0 Å². The molecule has 126 valence electrons. The quantitative estimate of drug-likeness (QED) is 0.826. The van der Waals surface area contributed by atoms with Crippen LogP contribution in [0.25, 0.3) is 0 Å². The Morgan fingerprint density at radius 3 is 2.58 bits per heavy atom. The zero-order valence-corrected chi connectivity index (χ0v) is 13.4. The van der Waals surface area contributed by atoms with Crippen molar-refractivity contribution in [2.45, 2.75) is 11.6 Å². The third kappa shape index (κ3) is 3.67. The Morgan fingerprint density at radius 1 is 1.12 bits per heavy atom. The van der Waals surface area contributed by atoms with Crippen molar-refractivity contribution in [2.24, 2.45) is 0 Å². The fourth-order valence-corrected chi connectivity index (χ4v) is 3.79. The number of urea groups is 1. The van der Waals surface area contributed by atoms with Gasteiger partial charge in [0.1, 0.15) is 5.37 Å². The van der Waals surface area contributed by atoms with Crippen molar-refractivity contribution in [3.63, 3.8) is 0 Å². The van der Waals surface area contributed by atoms with Crippen LogP contribution in [0.3, 0.4) is 0 Å². The Balaban J connectivity index is 1.79. The van der Waals surface area contributed by atoms with E-state index in [1.807, 2.05) is 6.07 Å². The van der Waals surface area contributed by atoms with Crippen molar-refractivity contribution >= 4 is 23.5 Å². The standard InChI is InChI=1S/C17H15F3N2OS/c18-17(19,20)13-6-4-5-12(11-13)15-22(9-10-24-15)16(23)21-14-7-2-1-3-8-14/h1-8,11,15H,9-10H2,(H,21,23)/t15-/m0/s1. The highest BCUT2D eigenvalue weighted by molar-refractivity contribution is 7.99. The van der Waals surface area contributed by atoms with Gasteiger partial charge in [-0.05, 0) is 29.8 Å². The van der Waals surface area contributed by atoms with E-state index in [4.69, 9.17) is 0 Å². The van der Waals surface area contributed by atoms with E-state index in [2.05, 4.69) is 5.32 Å². The number of carbonyl (C=O) groups is 1. The minimum absolute atomic E-state index is 0.311. The first-order chi connectivity index (χ1) is 11.4. The summed E-state index contributed by atoms with van der Waals surface area (Å²) in [5.74, 6) is 0.684. The molecule has 1 aliphatic heterocycles. The van der Waals surface area contributed by atoms with Gasteiger partial charge in [0.05, 0.1) is 5.56 Å². The number of benzene rings is 2. The lowest BCUT2D eigenvalue weighted by molar-refractivity contribution is -0.137. The van der Waals surface area contributed by atoms with Crippen LogP contribution >= 0.6 is 11.8 Å². The molecule has 3 nitrogen and oxygen atoms in total. The molecule has 1 fully saturated rings. The topological polar surface area (TPSA) is 32.3 Å². The number of alkyl halides is 3. The number of rotatable bonds is 2. The van der Waals surface area contributed by atoms with Gasteiger partial charge in [-0.2, -0.15) is 13.2 Å². The van der Waals surface area contributed by atoms with Crippen LogP contribution in [0.4, 0.5) is 23.7 Å². The molecule has 0 unspecified atom stereocenters. The fourth-order valence-electron chi connectivity index (χ4n) is 2.54. The SMILES string of the molecule is O=C(Nc1ccccc1)N1CCS[C@H]1c1cccc(C(F)(F)F)c1. The van der Waals surface area contributed by atoms with Gasteiger partial charge in [0.15, 0.2) is 0 Å². The van der Waals surface area contributed by atoms with E-state index in [9.17, 15) is 18.0 Å².